The lowest BCUT2D eigenvalue weighted by Gasteiger charge is -2.26. The van der Waals surface area contributed by atoms with Crippen molar-refractivity contribution in [3.8, 4) is 22.1 Å². The fourth-order valence-corrected chi connectivity index (χ4v) is 5.01. The summed E-state index contributed by atoms with van der Waals surface area (Å²) < 4.78 is 23.1. The Morgan fingerprint density at radius 1 is 1.42 bits per heavy atom. The lowest BCUT2D eigenvalue weighted by Crippen LogP contribution is -2.33. The Morgan fingerprint density at radius 3 is 3.03 bits per heavy atom. The van der Waals surface area contributed by atoms with E-state index in [-0.39, 0.29) is 19.4 Å². The minimum atomic E-state index is -0.873. The number of anilines is 1. The third kappa shape index (κ3) is 4.03. The maximum atomic E-state index is 10.9. The third-order valence-electron chi connectivity index (χ3n) is 5.36. The van der Waals surface area contributed by atoms with Gasteiger partial charge in [-0.25, -0.2) is 9.78 Å². The van der Waals surface area contributed by atoms with Gasteiger partial charge < -0.3 is 24.3 Å². The summed E-state index contributed by atoms with van der Waals surface area (Å²) >= 11 is 6.77. The van der Waals surface area contributed by atoms with Crippen molar-refractivity contribution in [1.29, 1.82) is 0 Å². The number of hydrogen-bond donors (Lipinski definition) is 1. The van der Waals surface area contributed by atoms with E-state index < -0.39 is 11.5 Å². The molecule has 170 valence electrons. The minimum absolute atomic E-state index is 0.0146. The summed E-state index contributed by atoms with van der Waals surface area (Å²) in [6, 6.07) is 5.89. The number of aliphatic imine (C=N–C) groups is 1. The van der Waals surface area contributed by atoms with Gasteiger partial charge in [-0.15, -0.1) is 11.3 Å². The van der Waals surface area contributed by atoms with Crippen LogP contribution in [0.5, 0.6) is 11.5 Å². The largest absolute Gasteiger partial charge is 0.484 e. The zero-order chi connectivity index (χ0) is 23.1. The smallest absolute Gasteiger partial charge is 0.403 e. The second-order valence-corrected chi connectivity index (χ2v) is 8.87. The average molecular weight is 486 g/mol. The molecule has 1 aromatic heterocycles. The van der Waals surface area contributed by atoms with Crippen molar-refractivity contribution in [3.63, 3.8) is 0 Å². The highest BCUT2D eigenvalue weighted by molar-refractivity contribution is 7.22. The van der Waals surface area contributed by atoms with E-state index in [1.807, 2.05) is 25.1 Å². The highest BCUT2D eigenvalue weighted by atomic mass is 35.5. The van der Waals surface area contributed by atoms with Crippen molar-refractivity contribution in [2.45, 2.75) is 19.3 Å². The maximum Gasteiger partial charge on any atom is 0.403 e. The van der Waals surface area contributed by atoms with E-state index >= 15 is 0 Å². The number of nitrogens with zero attached hydrogens (tertiary/aromatic N) is 2. The van der Waals surface area contributed by atoms with Crippen molar-refractivity contribution < 1.29 is 23.7 Å². The first-order valence-corrected chi connectivity index (χ1v) is 11.4. The van der Waals surface area contributed by atoms with Crippen LogP contribution >= 0.6 is 22.9 Å². The molecule has 0 saturated heterocycles. The first-order chi connectivity index (χ1) is 16.0. The molecule has 33 heavy (non-hydrogen) atoms. The number of carbonyl (C=O) groups excluding carboxylic acids is 1. The zero-order valence-electron chi connectivity index (χ0n) is 17.9. The maximum absolute atomic E-state index is 10.9. The molecule has 0 aliphatic carbocycles. The Balaban J connectivity index is 1.57. The lowest BCUT2D eigenvalue weighted by molar-refractivity contribution is 0.0412. The standard InChI is InChI=1S/C23H20ClN3O5S/c1-4-12-6-14(19-15(7-12)26-17(29-3)8-25-19)22-27-18-11(2)5-16-20(21(18)33-22)30-9-13(32-16)10-31-23(24)28/h4-8,13,17,26H,1,9-10H2,2-3H3. The molecule has 3 heterocycles. The number of methoxy groups -OCH3 is 1. The van der Waals surface area contributed by atoms with Gasteiger partial charge in [0.2, 0.25) is 0 Å². The Hall–Kier alpha value is -3.14. The second kappa shape index (κ2) is 8.66. The highest BCUT2D eigenvalue weighted by Gasteiger charge is 2.28. The van der Waals surface area contributed by atoms with Crippen molar-refractivity contribution >= 4 is 62.2 Å². The SMILES string of the molecule is C=Cc1cc2c(c(-c3nc4c(C)cc5c(c4s3)OCC(COC(=O)Cl)O5)c1)N=CC(OC)N2. The van der Waals surface area contributed by atoms with Gasteiger partial charge in [-0.1, -0.05) is 12.7 Å². The summed E-state index contributed by atoms with van der Waals surface area (Å²) in [5.74, 6) is 1.21. The van der Waals surface area contributed by atoms with Crippen molar-refractivity contribution in [2.75, 3.05) is 25.6 Å². The Labute approximate surface area is 198 Å². The van der Waals surface area contributed by atoms with Gasteiger partial charge in [0.15, 0.2) is 23.8 Å². The Morgan fingerprint density at radius 2 is 2.27 bits per heavy atom. The van der Waals surface area contributed by atoms with Gasteiger partial charge in [-0.2, -0.15) is 0 Å². The number of benzene rings is 2. The molecule has 2 aliphatic rings. The first-order valence-electron chi connectivity index (χ1n) is 10.2. The van der Waals surface area contributed by atoms with Gasteiger partial charge in [0.1, 0.15) is 22.9 Å². The molecule has 3 aromatic rings. The van der Waals surface area contributed by atoms with E-state index in [1.165, 1.54) is 11.3 Å². The molecule has 2 aromatic carbocycles. The van der Waals surface area contributed by atoms with Crippen LogP contribution in [0.3, 0.4) is 0 Å². The van der Waals surface area contributed by atoms with Crippen LogP contribution in [0.15, 0.2) is 29.8 Å². The predicted octanol–water partition coefficient (Wildman–Crippen LogP) is 5.53. The summed E-state index contributed by atoms with van der Waals surface area (Å²) in [6.45, 7) is 6.13. The molecule has 0 amide bonds. The van der Waals surface area contributed by atoms with Crippen LogP contribution in [-0.4, -0.2) is 49.3 Å². The van der Waals surface area contributed by atoms with E-state index in [0.29, 0.717) is 11.5 Å². The highest BCUT2D eigenvalue weighted by Crippen LogP contribution is 2.48. The normalized spacial score (nSPS) is 18.5. The molecule has 5 rings (SSSR count). The fourth-order valence-electron chi connectivity index (χ4n) is 3.79. The van der Waals surface area contributed by atoms with E-state index in [2.05, 4.69) is 16.9 Å². The number of halogens is 1. The molecule has 10 heteroatoms. The van der Waals surface area contributed by atoms with Crippen LogP contribution in [0.25, 0.3) is 26.9 Å². The van der Waals surface area contributed by atoms with E-state index in [1.54, 1.807) is 19.4 Å². The molecule has 0 spiro atoms. The van der Waals surface area contributed by atoms with E-state index in [0.717, 1.165) is 43.3 Å². The third-order valence-corrected chi connectivity index (χ3v) is 6.55. The van der Waals surface area contributed by atoms with Crippen LogP contribution in [-0.2, 0) is 9.47 Å². The number of hydrogen-bond acceptors (Lipinski definition) is 9. The molecule has 2 aliphatic heterocycles. The molecule has 0 radical (unpaired) electrons. The van der Waals surface area contributed by atoms with Crippen LogP contribution < -0.4 is 14.8 Å². The number of fused-ring (bicyclic) bond motifs is 4. The minimum Gasteiger partial charge on any atom is -0.484 e. The van der Waals surface area contributed by atoms with Gasteiger partial charge in [0, 0.05) is 24.3 Å². The number of thiazole rings is 1. The zero-order valence-corrected chi connectivity index (χ0v) is 19.5. The van der Waals surface area contributed by atoms with Crippen molar-refractivity contribution in [1.82, 2.24) is 4.98 Å². The number of carbonyl (C=O) groups is 1. The number of aryl methyl sites for hydroxylation is 1. The van der Waals surface area contributed by atoms with Crippen LogP contribution in [0.4, 0.5) is 16.2 Å². The van der Waals surface area contributed by atoms with Crippen LogP contribution in [0.2, 0.25) is 0 Å². The predicted molar refractivity (Wildman–Crippen MR) is 130 cm³/mol. The molecule has 8 nitrogen and oxygen atoms in total. The van der Waals surface area contributed by atoms with Gasteiger partial charge >= 0.3 is 5.43 Å². The summed E-state index contributed by atoms with van der Waals surface area (Å²) in [5, 5.41) is 4.12. The molecular weight excluding hydrogens is 466 g/mol. The van der Waals surface area contributed by atoms with E-state index in [9.17, 15) is 4.79 Å². The summed E-state index contributed by atoms with van der Waals surface area (Å²) in [6.07, 6.45) is 2.78. The Kier molecular flexibility index (Phi) is 5.69. The second-order valence-electron chi connectivity index (χ2n) is 7.56. The molecule has 2 atom stereocenters. The van der Waals surface area contributed by atoms with Gasteiger partial charge in [0.05, 0.1) is 23.1 Å². The van der Waals surface area contributed by atoms with Crippen LogP contribution in [0.1, 0.15) is 11.1 Å². The lowest BCUT2D eigenvalue weighted by atomic mass is 10.1. The molecule has 0 saturated carbocycles. The summed E-state index contributed by atoms with van der Waals surface area (Å²) in [5.41, 5.74) is 4.38. The molecule has 2 unspecified atom stereocenters. The quantitative estimate of drug-likeness (QED) is 0.475. The first kappa shape index (κ1) is 21.7. The van der Waals surface area contributed by atoms with Gasteiger partial charge in [-0.3, -0.25) is 4.99 Å². The molecular formula is C23H20ClN3O5S. The monoisotopic (exact) mass is 485 g/mol. The van der Waals surface area contributed by atoms with E-state index in [4.69, 9.17) is 35.5 Å². The Bertz CT molecular complexity index is 1310. The topological polar surface area (TPSA) is 91.3 Å². The molecule has 0 bridgehead atoms. The number of nitrogens with one attached hydrogen (secondary N) is 1. The summed E-state index contributed by atoms with van der Waals surface area (Å²) in [7, 11) is 1.62. The van der Waals surface area contributed by atoms with Crippen molar-refractivity contribution in [3.05, 3.63) is 35.9 Å². The fraction of sp³-hybridized carbons (Fsp3) is 0.261. The summed E-state index contributed by atoms with van der Waals surface area (Å²) in [4.78, 5) is 20.4. The number of rotatable bonds is 5. The number of aromatic nitrogens is 1. The van der Waals surface area contributed by atoms with Crippen molar-refractivity contribution in [2.24, 2.45) is 4.99 Å². The molecule has 0 fully saturated rings. The van der Waals surface area contributed by atoms with Gasteiger partial charge in [0.25, 0.3) is 0 Å². The van der Waals surface area contributed by atoms with Crippen LogP contribution in [0, 0.1) is 6.92 Å². The number of ether oxygens (including phenoxy) is 4. The van der Waals surface area contributed by atoms with Gasteiger partial charge in [-0.05, 0) is 36.2 Å². The molecule has 1 N–H and O–H groups in total. The average Bonchev–Trinajstić information content (AvgIpc) is 3.27.